The molecule has 21 heavy (non-hydrogen) atoms. The second-order valence-corrected chi connectivity index (χ2v) is 8.27. The van der Waals surface area contributed by atoms with E-state index in [0.717, 1.165) is 25.9 Å². The highest BCUT2D eigenvalue weighted by molar-refractivity contribution is 7.89. The number of hydrogen-bond acceptors (Lipinski definition) is 3. The van der Waals surface area contributed by atoms with Crippen molar-refractivity contribution in [2.45, 2.75) is 29.8 Å². The summed E-state index contributed by atoms with van der Waals surface area (Å²) >= 11 is 5.85. The molecular weight excluding hydrogens is 331 g/mol. The summed E-state index contributed by atoms with van der Waals surface area (Å²) in [4.78, 5) is 0.367. The number of rotatable bonds is 2. The lowest BCUT2D eigenvalue weighted by Crippen LogP contribution is -2.39. The van der Waals surface area contributed by atoms with E-state index in [-0.39, 0.29) is 24.5 Å². The molecule has 4 atom stereocenters. The van der Waals surface area contributed by atoms with Crippen molar-refractivity contribution in [1.82, 2.24) is 9.62 Å². The average molecular weight is 349 g/mol. The molecule has 0 spiro atoms. The van der Waals surface area contributed by atoms with Crippen LogP contribution in [0.5, 0.6) is 0 Å². The van der Waals surface area contributed by atoms with Crippen LogP contribution in [0.1, 0.15) is 12.8 Å². The Morgan fingerprint density at radius 1 is 1.05 bits per heavy atom. The van der Waals surface area contributed by atoms with E-state index in [0.29, 0.717) is 21.8 Å². The fourth-order valence-corrected chi connectivity index (χ4v) is 6.38. The molecule has 1 aromatic carbocycles. The second-order valence-electron chi connectivity index (χ2n) is 5.99. The van der Waals surface area contributed by atoms with Crippen molar-refractivity contribution in [2.75, 3.05) is 13.1 Å². The Morgan fingerprint density at radius 3 is 2.10 bits per heavy atom. The van der Waals surface area contributed by atoms with Crippen molar-refractivity contribution in [3.63, 3.8) is 0 Å². The third-order valence-electron chi connectivity index (χ3n) is 5.10. The third kappa shape index (κ3) is 2.21. The zero-order valence-corrected chi connectivity index (χ0v) is 13.8. The van der Waals surface area contributed by atoms with Gasteiger partial charge in [0.05, 0.1) is 4.90 Å². The van der Waals surface area contributed by atoms with Crippen LogP contribution in [0.3, 0.4) is 0 Å². The maximum atomic E-state index is 12.9. The van der Waals surface area contributed by atoms with Crippen LogP contribution in [0.25, 0.3) is 0 Å². The molecule has 4 rings (SSSR count). The van der Waals surface area contributed by atoms with Gasteiger partial charge < -0.3 is 5.32 Å². The van der Waals surface area contributed by atoms with E-state index in [2.05, 4.69) is 5.32 Å². The minimum absolute atomic E-state index is 0. The molecule has 116 valence electrons. The summed E-state index contributed by atoms with van der Waals surface area (Å²) in [6.07, 6.45) is 2.00. The van der Waals surface area contributed by atoms with E-state index < -0.39 is 10.0 Å². The molecule has 3 saturated heterocycles. The van der Waals surface area contributed by atoms with Crippen LogP contribution < -0.4 is 5.32 Å². The maximum absolute atomic E-state index is 12.9. The minimum atomic E-state index is -3.39. The summed E-state index contributed by atoms with van der Waals surface area (Å²) in [5.41, 5.74) is 0. The molecule has 1 N–H and O–H groups in total. The van der Waals surface area contributed by atoms with Gasteiger partial charge in [0.2, 0.25) is 10.0 Å². The first-order valence-corrected chi connectivity index (χ1v) is 8.90. The lowest BCUT2D eigenvalue weighted by molar-refractivity contribution is 0.354. The van der Waals surface area contributed by atoms with Crippen LogP contribution in [-0.2, 0) is 10.0 Å². The first-order valence-electron chi connectivity index (χ1n) is 7.09. The monoisotopic (exact) mass is 348 g/mol. The Morgan fingerprint density at radius 2 is 1.57 bits per heavy atom. The summed E-state index contributed by atoms with van der Waals surface area (Å²) in [5, 5.41) is 3.97. The predicted molar refractivity (Wildman–Crippen MR) is 84.4 cm³/mol. The molecule has 0 unspecified atom stereocenters. The van der Waals surface area contributed by atoms with E-state index in [1.54, 1.807) is 28.6 Å². The highest BCUT2D eigenvalue weighted by Gasteiger charge is 2.58. The number of nitrogens with zero attached hydrogens (tertiary/aromatic N) is 1. The molecule has 0 aliphatic carbocycles. The van der Waals surface area contributed by atoms with Gasteiger partial charge in [0.15, 0.2) is 0 Å². The molecule has 0 saturated carbocycles. The fraction of sp³-hybridized carbons (Fsp3) is 0.571. The highest BCUT2D eigenvalue weighted by Crippen LogP contribution is 2.49. The summed E-state index contributed by atoms with van der Waals surface area (Å²) in [6, 6.07) is 6.89. The Hall–Kier alpha value is -0.330. The zero-order chi connectivity index (χ0) is 13.9. The molecule has 3 heterocycles. The average Bonchev–Trinajstić information content (AvgIpc) is 3.11. The van der Waals surface area contributed by atoms with Crippen molar-refractivity contribution in [2.24, 2.45) is 11.8 Å². The number of sulfonamides is 1. The van der Waals surface area contributed by atoms with Gasteiger partial charge >= 0.3 is 0 Å². The van der Waals surface area contributed by atoms with E-state index in [1.165, 1.54) is 0 Å². The Balaban J connectivity index is 0.00000132. The van der Waals surface area contributed by atoms with Crippen molar-refractivity contribution in [3.8, 4) is 0 Å². The van der Waals surface area contributed by atoms with Crippen molar-refractivity contribution >= 4 is 34.0 Å². The van der Waals surface area contributed by atoms with Gasteiger partial charge in [-0.3, -0.25) is 0 Å². The Kier molecular flexibility index (Phi) is 3.99. The number of fused-ring (bicyclic) bond motifs is 5. The van der Waals surface area contributed by atoms with Crippen molar-refractivity contribution < 1.29 is 8.42 Å². The molecule has 2 bridgehead atoms. The quantitative estimate of drug-likeness (QED) is 0.890. The smallest absolute Gasteiger partial charge is 0.243 e. The topological polar surface area (TPSA) is 49.4 Å². The molecular formula is C14H18Cl2N2O2S. The summed E-state index contributed by atoms with van der Waals surface area (Å²) in [7, 11) is -3.39. The largest absolute Gasteiger partial charge is 0.316 e. The van der Waals surface area contributed by atoms with Crippen LogP contribution in [-0.4, -0.2) is 37.9 Å². The van der Waals surface area contributed by atoms with E-state index in [9.17, 15) is 8.42 Å². The number of nitrogens with one attached hydrogen (secondary N) is 1. The summed E-state index contributed by atoms with van der Waals surface area (Å²) in [5.74, 6) is 0.992. The van der Waals surface area contributed by atoms with Gasteiger partial charge in [-0.25, -0.2) is 8.42 Å². The van der Waals surface area contributed by atoms with Crippen LogP contribution in [0.15, 0.2) is 29.2 Å². The normalized spacial score (nSPS) is 34.7. The van der Waals surface area contributed by atoms with E-state index in [1.807, 2.05) is 0 Å². The molecule has 0 aromatic heterocycles. The predicted octanol–water partition coefficient (Wildman–Crippen LogP) is 2.13. The van der Waals surface area contributed by atoms with E-state index >= 15 is 0 Å². The van der Waals surface area contributed by atoms with Gasteiger partial charge in [0, 0.05) is 17.1 Å². The van der Waals surface area contributed by atoms with Crippen molar-refractivity contribution in [1.29, 1.82) is 0 Å². The van der Waals surface area contributed by atoms with Gasteiger partial charge in [0.25, 0.3) is 0 Å². The molecule has 0 amide bonds. The van der Waals surface area contributed by atoms with Crippen molar-refractivity contribution in [3.05, 3.63) is 29.3 Å². The van der Waals surface area contributed by atoms with Crippen LogP contribution in [0, 0.1) is 11.8 Å². The fourth-order valence-electron chi connectivity index (χ4n) is 4.29. The summed E-state index contributed by atoms with van der Waals surface area (Å²) in [6.45, 7) is 1.91. The molecule has 3 fully saturated rings. The van der Waals surface area contributed by atoms with Crippen LogP contribution >= 0.6 is 24.0 Å². The molecule has 3 aliphatic rings. The molecule has 1 aromatic rings. The SMILES string of the molecule is Cl.O=S(=O)(c1ccc(Cl)cc1)N1[C@@H]2CC[C@H]1[C@H]1CNC[C@H]12. The van der Waals surface area contributed by atoms with Crippen LogP contribution in [0.2, 0.25) is 5.02 Å². The lowest BCUT2D eigenvalue weighted by Gasteiger charge is -2.24. The van der Waals surface area contributed by atoms with E-state index in [4.69, 9.17) is 11.6 Å². The van der Waals surface area contributed by atoms with Gasteiger partial charge in [-0.2, -0.15) is 4.31 Å². The molecule has 4 nitrogen and oxygen atoms in total. The van der Waals surface area contributed by atoms with Crippen LogP contribution in [0.4, 0.5) is 0 Å². The number of benzene rings is 1. The lowest BCUT2D eigenvalue weighted by atomic mass is 9.82. The maximum Gasteiger partial charge on any atom is 0.243 e. The number of hydrogen-bond donors (Lipinski definition) is 1. The zero-order valence-electron chi connectivity index (χ0n) is 11.4. The van der Waals surface area contributed by atoms with Gasteiger partial charge in [0.1, 0.15) is 0 Å². The standard InChI is InChI=1S/C14H17ClN2O2S.ClH/c15-9-1-3-10(4-2-9)20(18,19)17-13-5-6-14(17)12-8-16-7-11(12)13;/h1-4,11-14,16H,5-8H2;1H/t11-,12+,13-,14+;. The highest BCUT2D eigenvalue weighted by atomic mass is 35.5. The number of halogens is 2. The molecule has 7 heteroatoms. The Labute approximate surface area is 136 Å². The third-order valence-corrected chi connectivity index (χ3v) is 7.32. The second kappa shape index (κ2) is 5.39. The van der Waals surface area contributed by atoms with Gasteiger partial charge in [-0.05, 0) is 62.0 Å². The Bertz CT molecular complexity index is 617. The van der Waals surface area contributed by atoms with Gasteiger partial charge in [-0.15, -0.1) is 12.4 Å². The first kappa shape index (κ1) is 15.6. The minimum Gasteiger partial charge on any atom is -0.316 e. The molecule has 0 radical (unpaired) electrons. The van der Waals surface area contributed by atoms with Gasteiger partial charge in [-0.1, -0.05) is 11.6 Å². The summed E-state index contributed by atoms with van der Waals surface area (Å²) < 4.78 is 27.6. The molecule has 3 aliphatic heterocycles. The first-order chi connectivity index (χ1) is 9.59.